The molecule has 4 heteroatoms. The van der Waals surface area contributed by atoms with Crippen LogP contribution in [0.1, 0.15) is 25.7 Å². The summed E-state index contributed by atoms with van der Waals surface area (Å²) in [6.45, 7) is 3.68. The Bertz CT molecular complexity index is 189. The van der Waals surface area contributed by atoms with Gasteiger partial charge in [0.2, 0.25) is 0 Å². The predicted molar refractivity (Wildman–Crippen MR) is 52.1 cm³/mol. The maximum absolute atomic E-state index is 10.6. The topological polar surface area (TPSA) is 63.6 Å². The fourth-order valence-corrected chi connectivity index (χ4v) is 1.02. The third kappa shape index (κ3) is 6.37. The minimum absolute atomic E-state index is 0.241. The monoisotopic (exact) mass is 200 g/mol. The van der Waals surface area contributed by atoms with Crippen LogP contribution < -0.4 is 0 Å². The van der Waals surface area contributed by atoms with Crippen LogP contribution in [0, 0.1) is 0 Å². The molecule has 0 rings (SSSR count). The minimum Gasteiger partial charge on any atom is -0.479 e. The van der Waals surface area contributed by atoms with Gasteiger partial charge in [-0.3, -0.25) is 0 Å². The van der Waals surface area contributed by atoms with Crippen molar-refractivity contribution >= 4 is 12.3 Å². The van der Waals surface area contributed by atoms with Crippen LogP contribution >= 0.6 is 0 Å². The lowest BCUT2D eigenvalue weighted by Crippen LogP contribution is -2.23. The van der Waals surface area contributed by atoms with E-state index in [1.807, 2.05) is 0 Å². The second-order valence-corrected chi connectivity index (χ2v) is 2.90. The average molecular weight is 200 g/mol. The van der Waals surface area contributed by atoms with Crippen molar-refractivity contribution in [1.29, 1.82) is 0 Å². The minimum atomic E-state index is -0.960. The van der Waals surface area contributed by atoms with E-state index in [0.717, 1.165) is 6.29 Å². The zero-order valence-electron chi connectivity index (χ0n) is 8.15. The van der Waals surface area contributed by atoms with E-state index < -0.39 is 12.1 Å². The van der Waals surface area contributed by atoms with Crippen LogP contribution in [0.2, 0.25) is 0 Å². The van der Waals surface area contributed by atoms with Gasteiger partial charge in [-0.15, -0.1) is 6.58 Å². The second-order valence-electron chi connectivity index (χ2n) is 2.90. The number of unbranched alkanes of at least 4 members (excludes halogenated alkanes) is 2. The summed E-state index contributed by atoms with van der Waals surface area (Å²) in [4.78, 5) is 20.6. The highest BCUT2D eigenvalue weighted by atomic mass is 16.5. The highest BCUT2D eigenvalue weighted by molar-refractivity contribution is 5.72. The van der Waals surface area contributed by atoms with Crippen molar-refractivity contribution in [2.24, 2.45) is 0 Å². The van der Waals surface area contributed by atoms with Gasteiger partial charge < -0.3 is 14.6 Å². The van der Waals surface area contributed by atoms with Gasteiger partial charge >= 0.3 is 5.97 Å². The van der Waals surface area contributed by atoms with E-state index in [-0.39, 0.29) is 6.61 Å². The van der Waals surface area contributed by atoms with Gasteiger partial charge in [-0.1, -0.05) is 6.08 Å². The Morgan fingerprint density at radius 3 is 2.71 bits per heavy atom. The number of ether oxygens (including phenoxy) is 1. The zero-order valence-corrected chi connectivity index (χ0v) is 8.15. The van der Waals surface area contributed by atoms with Crippen LogP contribution in [0.5, 0.6) is 0 Å². The van der Waals surface area contributed by atoms with Gasteiger partial charge in [-0.2, -0.15) is 0 Å². The fourth-order valence-electron chi connectivity index (χ4n) is 1.02. The second kappa shape index (κ2) is 8.44. The predicted octanol–water partition coefficient (Wildman–Crippen LogP) is 1.40. The van der Waals surface area contributed by atoms with Crippen LogP contribution in [0.25, 0.3) is 0 Å². The quantitative estimate of drug-likeness (QED) is 0.347. The third-order valence-corrected chi connectivity index (χ3v) is 1.73. The first-order valence-corrected chi connectivity index (χ1v) is 4.61. The zero-order chi connectivity index (χ0) is 10.8. The molecular formula is C10H16O4. The van der Waals surface area contributed by atoms with Crippen molar-refractivity contribution in [3.63, 3.8) is 0 Å². The first-order valence-electron chi connectivity index (χ1n) is 4.61. The molecule has 0 aliphatic carbocycles. The molecule has 0 aromatic rings. The van der Waals surface area contributed by atoms with E-state index in [0.29, 0.717) is 25.7 Å². The van der Waals surface area contributed by atoms with Gasteiger partial charge in [0.25, 0.3) is 0 Å². The normalized spacial score (nSPS) is 12.0. The summed E-state index contributed by atoms with van der Waals surface area (Å²) >= 11 is 0. The Hall–Kier alpha value is -1.16. The van der Waals surface area contributed by atoms with E-state index in [1.165, 1.54) is 6.08 Å². The Balaban J connectivity index is 3.67. The highest BCUT2D eigenvalue weighted by Crippen LogP contribution is 2.06. The molecule has 0 aliphatic rings. The summed E-state index contributed by atoms with van der Waals surface area (Å²) < 4.78 is 5.03. The molecule has 0 aromatic heterocycles. The van der Waals surface area contributed by atoms with E-state index >= 15 is 0 Å². The van der Waals surface area contributed by atoms with Gasteiger partial charge in [0.05, 0.1) is 6.61 Å². The van der Waals surface area contributed by atoms with Gasteiger partial charge in [0.15, 0.2) is 6.10 Å². The summed E-state index contributed by atoms with van der Waals surface area (Å²) in [5.74, 6) is -0.960. The smallest absolute Gasteiger partial charge is 0.332 e. The van der Waals surface area contributed by atoms with Gasteiger partial charge in [0, 0.05) is 6.42 Å². The number of hydrogen-bond acceptors (Lipinski definition) is 3. The Labute approximate surface area is 83.6 Å². The molecule has 0 heterocycles. The summed E-state index contributed by atoms with van der Waals surface area (Å²) in [7, 11) is 0. The molecule has 0 aromatic carbocycles. The molecule has 0 fully saturated rings. The Morgan fingerprint density at radius 1 is 1.50 bits per heavy atom. The van der Waals surface area contributed by atoms with E-state index in [4.69, 9.17) is 9.84 Å². The number of carboxylic acids is 1. The van der Waals surface area contributed by atoms with Crippen LogP contribution in [-0.2, 0) is 14.3 Å². The van der Waals surface area contributed by atoms with E-state index in [2.05, 4.69) is 6.58 Å². The molecule has 0 aliphatic heterocycles. The van der Waals surface area contributed by atoms with Gasteiger partial charge in [0.1, 0.15) is 6.29 Å². The molecule has 1 atom stereocenters. The lowest BCUT2D eigenvalue weighted by Gasteiger charge is -2.11. The summed E-state index contributed by atoms with van der Waals surface area (Å²) in [6, 6.07) is 0. The maximum atomic E-state index is 10.6. The van der Waals surface area contributed by atoms with E-state index in [1.54, 1.807) is 0 Å². The van der Waals surface area contributed by atoms with Gasteiger partial charge in [-0.05, 0) is 19.3 Å². The first kappa shape index (κ1) is 12.8. The third-order valence-electron chi connectivity index (χ3n) is 1.73. The summed E-state index contributed by atoms with van der Waals surface area (Å²) in [6.07, 6.45) is 3.89. The van der Waals surface area contributed by atoms with Crippen molar-refractivity contribution in [3.8, 4) is 0 Å². The summed E-state index contributed by atoms with van der Waals surface area (Å²) in [5.41, 5.74) is 0. The molecule has 0 bridgehead atoms. The average Bonchev–Trinajstić information content (AvgIpc) is 2.16. The first-order chi connectivity index (χ1) is 6.72. The van der Waals surface area contributed by atoms with Gasteiger partial charge in [-0.25, -0.2) is 4.79 Å². The van der Waals surface area contributed by atoms with Crippen molar-refractivity contribution in [2.45, 2.75) is 31.8 Å². The molecule has 0 amide bonds. The summed E-state index contributed by atoms with van der Waals surface area (Å²) in [5, 5.41) is 8.73. The van der Waals surface area contributed by atoms with E-state index in [9.17, 15) is 9.59 Å². The molecule has 0 spiro atoms. The molecular weight excluding hydrogens is 184 g/mol. The van der Waals surface area contributed by atoms with Crippen molar-refractivity contribution in [2.75, 3.05) is 6.61 Å². The van der Waals surface area contributed by atoms with Crippen molar-refractivity contribution < 1.29 is 19.4 Å². The largest absolute Gasteiger partial charge is 0.479 e. The number of aliphatic carboxylic acids is 1. The molecule has 80 valence electrons. The maximum Gasteiger partial charge on any atom is 0.332 e. The van der Waals surface area contributed by atoms with Crippen LogP contribution in [-0.4, -0.2) is 30.1 Å². The SMILES string of the molecule is C=CCOC(CCCCC=O)C(=O)O. The molecule has 4 nitrogen and oxygen atoms in total. The lowest BCUT2D eigenvalue weighted by molar-refractivity contribution is -0.150. The molecule has 1 unspecified atom stereocenters. The number of hydrogen-bond donors (Lipinski definition) is 1. The molecule has 14 heavy (non-hydrogen) atoms. The Morgan fingerprint density at radius 2 is 2.21 bits per heavy atom. The van der Waals surface area contributed by atoms with Crippen LogP contribution in [0.15, 0.2) is 12.7 Å². The number of rotatable bonds is 9. The number of aldehydes is 1. The Kier molecular flexibility index (Phi) is 7.74. The highest BCUT2D eigenvalue weighted by Gasteiger charge is 2.16. The van der Waals surface area contributed by atoms with Crippen molar-refractivity contribution in [1.82, 2.24) is 0 Å². The molecule has 0 radical (unpaired) electrons. The van der Waals surface area contributed by atoms with Crippen LogP contribution in [0.3, 0.4) is 0 Å². The fraction of sp³-hybridized carbons (Fsp3) is 0.600. The standard InChI is InChI=1S/C10H16O4/c1-2-8-14-9(10(12)13)6-4-3-5-7-11/h2,7,9H,1,3-6,8H2,(H,12,13). The lowest BCUT2D eigenvalue weighted by atomic mass is 10.1. The van der Waals surface area contributed by atoms with Crippen molar-refractivity contribution in [3.05, 3.63) is 12.7 Å². The molecule has 1 N–H and O–H groups in total. The molecule has 0 saturated heterocycles. The number of carbonyl (C=O) groups excluding carboxylic acids is 1. The molecule has 0 saturated carbocycles. The number of carbonyl (C=O) groups is 2. The van der Waals surface area contributed by atoms with Crippen LogP contribution in [0.4, 0.5) is 0 Å². The number of carboxylic acid groups (broad SMARTS) is 1.